The number of nitro benzene ring substituents is 1. The van der Waals surface area contributed by atoms with Crippen LogP contribution >= 0.6 is 0 Å². The number of morpholine rings is 2. The van der Waals surface area contributed by atoms with Crippen LogP contribution in [0, 0.1) is 10.1 Å². The number of hydrogen-bond acceptors (Lipinski definition) is 17. The summed E-state index contributed by atoms with van der Waals surface area (Å²) in [6, 6.07) is 33.6. The number of nitrogens with two attached hydrogens (primary N) is 3. The molecule has 322 valence electrons. The first-order valence-corrected chi connectivity index (χ1v) is 20.6. The van der Waals surface area contributed by atoms with Crippen LogP contribution in [-0.2, 0) is 9.47 Å². The maximum atomic E-state index is 11.2. The Bertz CT molecular complexity index is 2940. The van der Waals surface area contributed by atoms with Crippen molar-refractivity contribution in [2.24, 2.45) is 0 Å². The van der Waals surface area contributed by atoms with Gasteiger partial charge in [-0.3, -0.25) is 20.1 Å². The summed E-state index contributed by atoms with van der Waals surface area (Å²) < 4.78 is 10.8. The number of fused-ring (bicyclic) bond motifs is 2. The number of nitrogens with one attached hydrogen (secondary N) is 2. The van der Waals surface area contributed by atoms with Crippen LogP contribution < -0.4 is 37.6 Å². The zero-order chi connectivity index (χ0) is 44.0. The first-order chi connectivity index (χ1) is 31.3. The molecule has 2 aliphatic heterocycles. The number of pyridine rings is 2. The molecule has 6 heterocycles. The second kappa shape index (κ2) is 18.4. The van der Waals surface area contributed by atoms with E-state index in [9.17, 15) is 10.1 Å². The summed E-state index contributed by atoms with van der Waals surface area (Å²) in [7, 11) is 0. The molecule has 10 rings (SSSR count). The number of hydrogen-bond donors (Lipinski definition) is 5. The van der Waals surface area contributed by atoms with E-state index in [-0.39, 0.29) is 5.69 Å². The minimum atomic E-state index is -0.439. The number of benzene rings is 4. The van der Waals surface area contributed by atoms with Crippen molar-refractivity contribution in [3.63, 3.8) is 0 Å². The number of ether oxygens (including phenoxy) is 2. The predicted molar refractivity (Wildman–Crippen MR) is 251 cm³/mol. The Balaban J connectivity index is 0.000000162. The molecule has 2 fully saturated rings. The number of nitrogens with zero attached hydrogens (tertiary/aromatic N) is 9. The molecule has 0 bridgehead atoms. The number of anilines is 9. The summed E-state index contributed by atoms with van der Waals surface area (Å²) in [6.07, 6.45) is 3.30. The van der Waals surface area contributed by atoms with Crippen molar-refractivity contribution in [1.29, 1.82) is 0 Å². The van der Waals surface area contributed by atoms with Crippen LogP contribution in [0.3, 0.4) is 0 Å². The fourth-order valence-corrected chi connectivity index (χ4v) is 7.56. The summed E-state index contributed by atoms with van der Waals surface area (Å²) in [4.78, 5) is 42.5. The molecule has 0 amide bonds. The summed E-state index contributed by atoms with van der Waals surface area (Å²) >= 11 is 0. The smallest absolute Gasteiger partial charge is 0.270 e. The van der Waals surface area contributed by atoms with E-state index in [1.807, 2.05) is 66.7 Å². The van der Waals surface area contributed by atoms with E-state index in [2.05, 4.69) is 57.5 Å². The molecule has 4 aromatic carbocycles. The van der Waals surface area contributed by atoms with Crippen LogP contribution in [0.2, 0.25) is 0 Å². The maximum absolute atomic E-state index is 11.2. The van der Waals surface area contributed by atoms with Gasteiger partial charge in [0.05, 0.1) is 42.7 Å². The largest absolute Gasteiger partial charge is 0.399 e. The fourth-order valence-electron chi connectivity index (χ4n) is 7.56. The van der Waals surface area contributed by atoms with Crippen molar-refractivity contribution >= 4 is 79.5 Å². The van der Waals surface area contributed by atoms with Crippen molar-refractivity contribution in [3.8, 4) is 22.5 Å². The van der Waals surface area contributed by atoms with Gasteiger partial charge in [-0.05, 0) is 72.8 Å². The van der Waals surface area contributed by atoms with E-state index in [1.54, 1.807) is 30.6 Å². The Kier molecular flexibility index (Phi) is 11.8. The highest BCUT2D eigenvalue weighted by atomic mass is 16.6. The minimum absolute atomic E-state index is 0.0213. The van der Waals surface area contributed by atoms with Gasteiger partial charge in [-0.15, -0.1) is 0 Å². The van der Waals surface area contributed by atoms with Gasteiger partial charge in [0.15, 0.2) is 0 Å². The summed E-state index contributed by atoms with van der Waals surface area (Å²) in [6.45, 7) is 6.50. The van der Waals surface area contributed by atoms with E-state index in [1.165, 1.54) is 17.8 Å². The first kappa shape index (κ1) is 41.1. The molecule has 64 heavy (non-hydrogen) atoms. The van der Waals surface area contributed by atoms with Gasteiger partial charge >= 0.3 is 0 Å². The molecule has 0 aliphatic carbocycles. The highest BCUT2D eigenvalue weighted by Gasteiger charge is 2.17. The van der Waals surface area contributed by atoms with E-state index in [4.69, 9.17) is 31.7 Å². The topological polar surface area (TPSA) is 248 Å². The van der Waals surface area contributed by atoms with Crippen LogP contribution in [-0.4, -0.2) is 87.4 Å². The van der Waals surface area contributed by atoms with Crippen LogP contribution in [0.5, 0.6) is 0 Å². The van der Waals surface area contributed by atoms with Gasteiger partial charge < -0.3 is 47.1 Å². The molecular formula is C46H44N14O4. The van der Waals surface area contributed by atoms with Crippen LogP contribution in [0.4, 0.5) is 57.7 Å². The molecule has 0 spiro atoms. The van der Waals surface area contributed by atoms with Crippen molar-refractivity contribution in [1.82, 2.24) is 29.9 Å². The third-order valence-corrected chi connectivity index (χ3v) is 10.8. The Morgan fingerprint density at radius 3 is 1.47 bits per heavy atom. The van der Waals surface area contributed by atoms with Crippen LogP contribution in [0.1, 0.15) is 0 Å². The molecule has 0 saturated carbocycles. The highest BCUT2D eigenvalue weighted by Crippen LogP contribution is 2.33. The molecule has 2 aliphatic rings. The quantitative estimate of drug-likeness (QED) is 0.0547. The third-order valence-electron chi connectivity index (χ3n) is 10.8. The highest BCUT2D eigenvalue weighted by molar-refractivity contribution is 5.99. The third kappa shape index (κ3) is 9.18. The normalized spacial score (nSPS) is 13.9. The molecule has 18 heteroatoms. The van der Waals surface area contributed by atoms with Gasteiger partial charge in [0.2, 0.25) is 11.9 Å². The molecule has 8 aromatic rings. The van der Waals surface area contributed by atoms with Gasteiger partial charge in [-0.25, -0.2) is 9.97 Å². The van der Waals surface area contributed by atoms with Gasteiger partial charge in [-0.1, -0.05) is 24.3 Å². The van der Waals surface area contributed by atoms with Gasteiger partial charge in [-0.2, -0.15) is 9.97 Å². The van der Waals surface area contributed by atoms with Gasteiger partial charge in [0, 0.05) is 101 Å². The lowest BCUT2D eigenvalue weighted by Crippen LogP contribution is -2.36. The molecular weight excluding hydrogens is 813 g/mol. The van der Waals surface area contributed by atoms with E-state index >= 15 is 0 Å². The Labute approximate surface area is 367 Å². The van der Waals surface area contributed by atoms with Crippen LogP contribution in [0.25, 0.3) is 44.3 Å². The zero-order valence-electron chi connectivity index (χ0n) is 34.6. The summed E-state index contributed by atoms with van der Waals surface area (Å²) in [5, 5.41) is 19.0. The van der Waals surface area contributed by atoms with Crippen molar-refractivity contribution < 1.29 is 14.4 Å². The molecule has 4 aromatic heterocycles. The second-order valence-electron chi connectivity index (χ2n) is 15.0. The first-order valence-electron chi connectivity index (χ1n) is 20.6. The average Bonchev–Trinajstić information content (AvgIpc) is 3.32. The van der Waals surface area contributed by atoms with Gasteiger partial charge in [0.25, 0.3) is 5.69 Å². The number of nitrogen functional groups attached to an aromatic ring is 3. The molecule has 0 atom stereocenters. The number of non-ortho nitro benzene ring substituents is 1. The number of aromatic nitrogens is 6. The van der Waals surface area contributed by atoms with Crippen molar-refractivity contribution in [2.75, 3.05) is 90.2 Å². The van der Waals surface area contributed by atoms with E-state index < -0.39 is 4.92 Å². The predicted octanol–water partition coefficient (Wildman–Crippen LogP) is 7.20. The Morgan fingerprint density at radius 2 is 1.02 bits per heavy atom. The minimum Gasteiger partial charge on any atom is -0.399 e. The molecule has 0 radical (unpaired) electrons. The standard InChI is InChI=1S/C23H21N7O3.C23H23N7O/c24-22-19-8-9-25-20(15-2-1-3-18(14-15)30(31)32)21(19)27-23(28-22)26-16-4-6-17(7-5-16)29-10-12-33-13-11-29;24-16-3-1-2-15(14-16)20-21-19(8-9-26-20)22(25)29-23(28-21)27-17-4-6-18(7-5-17)30-10-12-31-13-11-30/h1-9,14H,10-13H2,(H3,24,26,27,28);1-9,14H,10-13,24H2,(H3,25,27,28,29). The Hall–Kier alpha value is -8.22. The molecule has 8 N–H and O–H groups in total. The second-order valence-corrected chi connectivity index (χ2v) is 15.0. The summed E-state index contributed by atoms with van der Waals surface area (Å²) in [5.41, 5.74) is 26.9. The Morgan fingerprint density at radius 1 is 0.562 bits per heavy atom. The lowest BCUT2D eigenvalue weighted by Gasteiger charge is -2.28. The lowest BCUT2D eigenvalue weighted by atomic mass is 10.1. The fraction of sp³-hybridized carbons (Fsp3) is 0.174. The van der Waals surface area contributed by atoms with Crippen LogP contribution in [0.15, 0.2) is 122 Å². The SMILES string of the molecule is Nc1cccc(-c2nccc3c(N)nc(Nc4ccc(N5CCOCC5)cc4)nc23)c1.Nc1nc(Nc2ccc(N3CCOCC3)cc2)nc2c(-c3cccc([N+](=O)[O-])c3)nccc12. The number of rotatable bonds is 9. The van der Waals surface area contributed by atoms with Crippen molar-refractivity contribution in [2.45, 2.75) is 0 Å². The average molecular weight is 857 g/mol. The summed E-state index contributed by atoms with van der Waals surface area (Å²) in [5.74, 6) is 1.42. The number of nitro groups is 1. The van der Waals surface area contributed by atoms with E-state index in [0.29, 0.717) is 62.6 Å². The lowest BCUT2D eigenvalue weighted by molar-refractivity contribution is -0.384. The molecule has 18 nitrogen and oxygen atoms in total. The monoisotopic (exact) mass is 856 g/mol. The van der Waals surface area contributed by atoms with E-state index in [0.717, 1.165) is 80.6 Å². The maximum Gasteiger partial charge on any atom is 0.270 e. The zero-order valence-corrected chi connectivity index (χ0v) is 34.6. The molecule has 0 unspecified atom stereocenters. The van der Waals surface area contributed by atoms with Crippen molar-refractivity contribution in [3.05, 3.63) is 132 Å². The van der Waals surface area contributed by atoms with Gasteiger partial charge in [0.1, 0.15) is 22.7 Å². The molecule has 2 saturated heterocycles.